The molecule has 0 saturated carbocycles. The fourth-order valence-corrected chi connectivity index (χ4v) is 2.88. The standard InChI is InChI=1S/C10H14BrNO2S/c1-8(7-12-2)15(13,14)10-5-3-9(11)4-6-10/h3-6,8,12H,7H2,1-2H3. The molecule has 0 saturated heterocycles. The van der Waals surface area contributed by atoms with Crippen LogP contribution in [-0.4, -0.2) is 27.3 Å². The molecule has 1 unspecified atom stereocenters. The molecule has 0 amide bonds. The molecule has 1 rings (SSSR count). The first-order chi connectivity index (χ1) is 6.98. The molecule has 0 heterocycles. The second kappa shape index (κ2) is 5.09. The SMILES string of the molecule is CNCC(C)S(=O)(=O)c1ccc(Br)cc1. The Morgan fingerprint density at radius 1 is 1.33 bits per heavy atom. The topological polar surface area (TPSA) is 46.2 Å². The second-order valence-corrected chi connectivity index (χ2v) is 6.65. The molecule has 0 aliphatic heterocycles. The quantitative estimate of drug-likeness (QED) is 0.921. The van der Waals surface area contributed by atoms with Crippen LogP contribution < -0.4 is 5.32 Å². The van der Waals surface area contributed by atoms with Gasteiger partial charge in [0.1, 0.15) is 0 Å². The molecule has 3 nitrogen and oxygen atoms in total. The van der Waals surface area contributed by atoms with Crippen molar-refractivity contribution in [1.82, 2.24) is 5.32 Å². The molecule has 0 bridgehead atoms. The maximum atomic E-state index is 12.0. The van der Waals surface area contributed by atoms with E-state index in [0.29, 0.717) is 11.4 Å². The van der Waals surface area contributed by atoms with Crippen LogP contribution in [0, 0.1) is 0 Å². The summed E-state index contributed by atoms with van der Waals surface area (Å²) in [5.74, 6) is 0. The van der Waals surface area contributed by atoms with E-state index in [0.717, 1.165) is 4.47 Å². The summed E-state index contributed by atoms with van der Waals surface area (Å²) in [5, 5.41) is 2.45. The molecular formula is C10H14BrNO2S. The van der Waals surface area contributed by atoms with Crippen molar-refractivity contribution in [3.8, 4) is 0 Å². The van der Waals surface area contributed by atoms with Crippen LogP contribution in [0.2, 0.25) is 0 Å². The van der Waals surface area contributed by atoms with Gasteiger partial charge in [-0.05, 0) is 38.2 Å². The summed E-state index contributed by atoms with van der Waals surface area (Å²) < 4.78 is 24.8. The molecule has 5 heteroatoms. The summed E-state index contributed by atoms with van der Waals surface area (Å²) in [6.07, 6.45) is 0. The summed E-state index contributed by atoms with van der Waals surface area (Å²) in [4.78, 5) is 0.369. The van der Waals surface area contributed by atoms with Crippen molar-refractivity contribution in [2.75, 3.05) is 13.6 Å². The third-order valence-corrected chi connectivity index (χ3v) is 4.85. The van der Waals surface area contributed by atoms with Crippen LogP contribution in [0.5, 0.6) is 0 Å². The Hall–Kier alpha value is -0.390. The Bertz CT molecular complexity index is 414. The van der Waals surface area contributed by atoms with E-state index in [9.17, 15) is 8.42 Å². The molecule has 0 radical (unpaired) electrons. The smallest absolute Gasteiger partial charge is 0.182 e. The van der Waals surface area contributed by atoms with Gasteiger partial charge in [0.2, 0.25) is 0 Å². The van der Waals surface area contributed by atoms with Crippen LogP contribution in [-0.2, 0) is 9.84 Å². The highest BCUT2D eigenvalue weighted by atomic mass is 79.9. The number of hydrogen-bond donors (Lipinski definition) is 1. The van der Waals surface area contributed by atoms with Crippen LogP contribution in [0.4, 0.5) is 0 Å². The third-order valence-electron chi connectivity index (χ3n) is 2.16. The zero-order chi connectivity index (χ0) is 11.5. The lowest BCUT2D eigenvalue weighted by molar-refractivity contribution is 0.578. The fraction of sp³-hybridized carbons (Fsp3) is 0.400. The molecule has 1 aromatic carbocycles. The Kier molecular flexibility index (Phi) is 4.31. The minimum Gasteiger partial charge on any atom is -0.318 e. The van der Waals surface area contributed by atoms with Crippen LogP contribution in [0.1, 0.15) is 6.92 Å². The van der Waals surface area contributed by atoms with Gasteiger partial charge >= 0.3 is 0 Å². The highest BCUT2D eigenvalue weighted by Crippen LogP contribution is 2.18. The van der Waals surface area contributed by atoms with Gasteiger partial charge in [0.15, 0.2) is 9.84 Å². The Balaban J connectivity index is 3.01. The molecule has 84 valence electrons. The maximum Gasteiger partial charge on any atom is 0.182 e. The van der Waals surface area contributed by atoms with E-state index in [-0.39, 0.29) is 0 Å². The van der Waals surface area contributed by atoms with E-state index >= 15 is 0 Å². The second-order valence-electron chi connectivity index (χ2n) is 3.37. The van der Waals surface area contributed by atoms with E-state index in [1.54, 1.807) is 38.2 Å². The molecule has 1 aromatic rings. The Morgan fingerprint density at radius 3 is 2.33 bits per heavy atom. The van der Waals surface area contributed by atoms with Gasteiger partial charge in [-0.15, -0.1) is 0 Å². The van der Waals surface area contributed by atoms with E-state index < -0.39 is 15.1 Å². The highest BCUT2D eigenvalue weighted by molar-refractivity contribution is 9.10. The third kappa shape index (κ3) is 3.03. The van der Waals surface area contributed by atoms with E-state index in [2.05, 4.69) is 21.2 Å². The molecule has 1 atom stereocenters. The predicted octanol–water partition coefficient (Wildman–Crippen LogP) is 1.83. The Morgan fingerprint density at radius 2 is 1.87 bits per heavy atom. The maximum absolute atomic E-state index is 12.0. The van der Waals surface area contributed by atoms with Crippen molar-refractivity contribution in [3.63, 3.8) is 0 Å². The zero-order valence-electron chi connectivity index (χ0n) is 8.70. The van der Waals surface area contributed by atoms with Gasteiger partial charge in [-0.25, -0.2) is 8.42 Å². The van der Waals surface area contributed by atoms with Gasteiger partial charge in [0.05, 0.1) is 10.1 Å². The number of rotatable bonds is 4. The number of nitrogens with one attached hydrogen (secondary N) is 1. The summed E-state index contributed by atoms with van der Waals surface area (Å²) in [6, 6.07) is 6.70. The first-order valence-electron chi connectivity index (χ1n) is 4.62. The molecule has 0 aromatic heterocycles. The van der Waals surface area contributed by atoms with Crippen molar-refractivity contribution in [3.05, 3.63) is 28.7 Å². The predicted molar refractivity (Wildman–Crippen MR) is 64.7 cm³/mol. The van der Waals surface area contributed by atoms with Crippen LogP contribution >= 0.6 is 15.9 Å². The fourth-order valence-electron chi connectivity index (χ4n) is 1.25. The number of hydrogen-bond acceptors (Lipinski definition) is 3. The van der Waals surface area contributed by atoms with Crippen LogP contribution in [0.25, 0.3) is 0 Å². The summed E-state index contributed by atoms with van der Waals surface area (Å²) in [6.45, 7) is 2.16. The molecule has 15 heavy (non-hydrogen) atoms. The van der Waals surface area contributed by atoms with Crippen molar-refractivity contribution in [1.29, 1.82) is 0 Å². The Labute approximate surface area is 98.9 Å². The summed E-state index contributed by atoms with van der Waals surface area (Å²) in [5.41, 5.74) is 0. The molecule has 0 aliphatic carbocycles. The summed E-state index contributed by atoms with van der Waals surface area (Å²) in [7, 11) is -1.46. The van der Waals surface area contributed by atoms with Crippen molar-refractivity contribution < 1.29 is 8.42 Å². The van der Waals surface area contributed by atoms with Crippen LogP contribution in [0.3, 0.4) is 0 Å². The van der Waals surface area contributed by atoms with E-state index in [1.165, 1.54) is 0 Å². The minimum atomic E-state index is -3.20. The van der Waals surface area contributed by atoms with E-state index in [4.69, 9.17) is 0 Å². The largest absolute Gasteiger partial charge is 0.318 e. The normalized spacial score (nSPS) is 13.8. The van der Waals surface area contributed by atoms with Gasteiger partial charge in [-0.2, -0.15) is 0 Å². The van der Waals surface area contributed by atoms with Gasteiger partial charge in [0.25, 0.3) is 0 Å². The first-order valence-corrected chi connectivity index (χ1v) is 6.96. The van der Waals surface area contributed by atoms with Crippen LogP contribution in [0.15, 0.2) is 33.6 Å². The molecular weight excluding hydrogens is 278 g/mol. The molecule has 1 N–H and O–H groups in total. The van der Waals surface area contributed by atoms with Gasteiger partial charge in [-0.3, -0.25) is 0 Å². The lowest BCUT2D eigenvalue weighted by Gasteiger charge is -2.12. The van der Waals surface area contributed by atoms with Crippen molar-refractivity contribution >= 4 is 25.8 Å². The molecule has 0 fully saturated rings. The lowest BCUT2D eigenvalue weighted by Crippen LogP contribution is -2.29. The van der Waals surface area contributed by atoms with Gasteiger partial charge in [-0.1, -0.05) is 15.9 Å². The molecule has 0 spiro atoms. The number of benzene rings is 1. The minimum absolute atomic E-state index is 0.369. The highest BCUT2D eigenvalue weighted by Gasteiger charge is 2.22. The zero-order valence-corrected chi connectivity index (χ0v) is 11.1. The average molecular weight is 292 g/mol. The number of halogens is 1. The number of sulfone groups is 1. The van der Waals surface area contributed by atoms with Gasteiger partial charge < -0.3 is 5.32 Å². The van der Waals surface area contributed by atoms with E-state index in [1.807, 2.05) is 0 Å². The lowest BCUT2D eigenvalue weighted by atomic mass is 10.4. The average Bonchev–Trinajstić information content (AvgIpc) is 2.18. The van der Waals surface area contributed by atoms with Crippen molar-refractivity contribution in [2.45, 2.75) is 17.1 Å². The molecule has 0 aliphatic rings. The first kappa shape index (κ1) is 12.7. The summed E-state index contributed by atoms with van der Waals surface area (Å²) >= 11 is 3.27. The van der Waals surface area contributed by atoms with Gasteiger partial charge in [0, 0.05) is 11.0 Å². The monoisotopic (exact) mass is 291 g/mol. The van der Waals surface area contributed by atoms with Crippen molar-refractivity contribution in [2.24, 2.45) is 0 Å².